The first-order valence-electron chi connectivity index (χ1n) is 7.09. The summed E-state index contributed by atoms with van der Waals surface area (Å²) in [6, 6.07) is 7.31. The molecule has 1 aliphatic rings. The van der Waals surface area contributed by atoms with Gasteiger partial charge in [-0.2, -0.15) is 0 Å². The fraction of sp³-hybridized carbons (Fsp3) is 0.438. The van der Waals surface area contributed by atoms with Gasteiger partial charge in [-0.3, -0.25) is 4.79 Å². The van der Waals surface area contributed by atoms with Gasteiger partial charge in [0, 0.05) is 17.3 Å². The number of hydrogen-bond acceptors (Lipinski definition) is 3. The molecule has 0 amide bonds. The molecule has 0 radical (unpaired) electrons. The third kappa shape index (κ3) is 2.15. The smallest absolute Gasteiger partial charge is 0.205 e. The molecule has 3 rings (SSSR count). The van der Waals surface area contributed by atoms with Crippen LogP contribution in [0.15, 0.2) is 28.7 Å². The highest BCUT2D eigenvalue weighted by Crippen LogP contribution is 2.39. The van der Waals surface area contributed by atoms with Crippen molar-refractivity contribution < 1.29 is 9.21 Å². The minimum Gasteiger partial charge on any atom is -0.451 e. The molecular formula is C16H18ClNO2. The molecule has 0 aliphatic heterocycles. The van der Waals surface area contributed by atoms with Crippen molar-refractivity contribution in [3.05, 3.63) is 35.0 Å². The van der Waals surface area contributed by atoms with Crippen molar-refractivity contribution in [3.8, 4) is 0 Å². The summed E-state index contributed by atoms with van der Waals surface area (Å²) in [5.41, 5.74) is 6.05. The summed E-state index contributed by atoms with van der Waals surface area (Å²) >= 11 is 6.10. The number of rotatable bonds is 3. The Morgan fingerprint density at radius 1 is 1.30 bits per heavy atom. The molecule has 1 fully saturated rings. The van der Waals surface area contributed by atoms with Gasteiger partial charge in [0.1, 0.15) is 0 Å². The number of halogens is 1. The van der Waals surface area contributed by atoms with Gasteiger partial charge in [-0.15, -0.1) is 0 Å². The first-order valence-corrected chi connectivity index (χ1v) is 7.47. The number of carbonyl (C=O) groups is 1. The standard InChI is InChI=1S/C16H18ClNO2/c17-12-6-4-5-11-9-13(20-14(11)12)15(19)16(10-18)7-2-1-3-8-16/h4-6,9H,1-3,7-8,10,18H2. The lowest BCUT2D eigenvalue weighted by Crippen LogP contribution is -2.40. The molecule has 0 saturated heterocycles. The van der Waals surface area contributed by atoms with Crippen molar-refractivity contribution in [2.45, 2.75) is 32.1 Å². The Hall–Kier alpha value is -1.32. The van der Waals surface area contributed by atoms with Gasteiger partial charge in [-0.25, -0.2) is 0 Å². The lowest BCUT2D eigenvalue weighted by Gasteiger charge is -2.33. The summed E-state index contributed by atoms with van der Waals surface area (Å²) in [7, 11) is 0. The molecule has 1 heterocycles. The number of hydrogen-bond donors (Lipinski definition) is 1. The molecule has 1 aromatic carbocycles. The Bertz CT molecular complexity index is 641. The fourth-order valence-corrected chi connectivity index (χ4v) is 3.37. The van der Waals surface area contributed by atoms with Gasteiger partial charge < -0.3 is 10.2 Å². The number of nitrogens with two attached hydrogens (primary N) is 1. The summed E-state index contributed by atoms with van der Waals surface area (Å²) < 4.78 is 5.70. The average Bonchev–Trinajstić information content (AvgIpc) is 2.92. The van der Waals surface area contributed by atoms with E-state index in [-0.39, 0.29) is 5.78 Å². The Balaban J connectivity index is 2.01. The number of para-hydroxylation sites is 1. The first kappa shape index (κ1) is 13.7. The Morgan fingerprint density at radius 3 is 2.70 bits per heavy atom. The quantitative estimate of drug-likeness (QED) is 0.863. The maximum Gasteiger partial charge on any atom is 0.205 e. The highest BCUT2D eigenvalue weighted by molar-refractivity contribution is 6.34. The van der Waals surface area contributed by atoms with Gasteiger partial charge in [0.25, 0.3) is 0 Å². The fourth-order valence-electron chi connectivity index (χ4n) is 3.15. The van der Waals surface area contributed by atoms with E-state index in [1.807, 2.05) is 12.1 Å². The van der Waals surface area contributed by atoms with Crippen LogP contribution in [0.1, 0.15) is 42.7 Å². The number of fused-ring (bicyclic) bond motifs is 1. The molecule has 0 spiro atoms. The summed E-state index contributed by atoms with van der Waals surface area (Å²) in [5.74, 6) is 0.424. The lowest BCUT2D eigenvalue weighted by molar-refractivity contribution is 0.0700. The third-order valence-corrected chi connectivity index (χ3v) is 4.70. The topological polar surface area (TPSA) is 56.2 Å². The van der Waals surface area contributed by atoms with Crippen molar-refractivity contribution >= 4 is 28.4 Å². The van der Waals surface area contributed by atoms with E-state index in [1.165, 1.54) is 6.42 Å². The second kappa shape index (κ2) is 5.23. The van der Waals surface area contributed by atoms with Gasteiger partial charge >= 0.3 is 0 Å². The van der Waals surface area contributed by atoms with Crippen LogP contribution in [0.2, 0.25) is 5.02 Å². The molecular weight excluding hydrogens is 274 g/mol. The van der Waals surface area contributed by atoms with Crippen molar-refractivity contribution in [1.82, 2.24) is 0 Å². The van der Waals surface area contributed by atoms with Crippen molar-refractivity contribution in [2.24, 2.45) is 11.1 Å². The SMILES string of the molecule is NCC1(C(=O)c2cc3cccc(Cl)c3o2)CCCCC1. The minimum atomic E-state index is -0.446. The van der Waals surface area contributed by atoms with E-state index >= 15 is 0 Å². The van der Waals surface area contributed by atoms with E-state index < -0.39 is 5.41 Å². The predicted octanol–water partition coefficient (Wildman–Crippen LogP) is 4.18. The summed E-state index contributed by atoms with van der Waals surface area (Å²) in [6.07, 6.45) is 5.01. The second-order valence-corrected chi connectivity index (χ2v) is 6.05. The monoisotopic (exact) mass is 291 g/mol. The van der Waals surface area contributed by atoms with E-state index in [4.69, 9.17) is 21.8 Å². The van der Waals surface area contributed by atoms with Crippen molar-refractivity contribution in [3.63, 3.8) is 0 Å². The van der Waals surface area contributed by atoms with E-state index in [2.05, 4.69) is 0 Å². The summed E-state index contributed by atoms with van der Waals surface area (Å²) in [6.45, 7) is 0.386. The second-order valence-electron chi connectivity index (χ2n) is 5.64. The molecule has 0 atom stereocenters. The first-order chi connectivity index (χ1) is 9.66. The predicted molar refractivity (Wildman–Crippen MR) is 80.1 cm³/mol. The van der Waals surface area contributed by atoms with Crippen LogP contribution in [-0.2, 0) is 0 Å². The van der Waals surface area contributed by atoms with Crippen LogP contribution in [0.5, 0.6) is 0 Å². The van der Waals surface area contributed by atoms with E-state index in [9.17, 15) is 4.79 Å². The average molecular weight is 292 g/mol. The molecule has 1 aliphatic carbocycles. The zero-order chi connectivity index (χ0) is 14.2. The lowest BCUT2D eigenvalue weighted by atomic mass is 9.70. The Morgan fingerprint density at radius 2 is 2.05 bits per heavy atom. The molecule has 4 heteroatoms. The van der Waals surface area contributed by atoms with Crippen LogP contribution in [0.4, 0.5) is 0 Å². The van der Waals surface area contributed by atoms with Crippen molar-refractivity contribution in [2.75, 3.05) is 6.54 Å². The van der Waals surface area contributed by atoms with Gasteiger partial charge in [0.05, 0.1) is 5.02 Å². The Labute approximate surface area is 123 Å². The number of furan rings is 1. The number of carbonyl (C=O) groups excluding carboxylic acids is 1. The molecule has 106 valence electrons. The Kier molecular flexibility index (Phi) is 3.57. The number of Topliss-reactive ketones (excluding diaryl/α,β-unsaturated/α-hetero) is 1. The van der Waals surface area contributed by atoms with Crippen LogP contribution in [-0.4, -0.2) is 12.3 Å². The van der Waals surface area contributed by atoms with Crippen LogP contribution in [0.3, 0.4) is 0 Å². The maximum atomic E-state index is 12.8. The van der Waals surface area contributed by atoms with Gasteiger partial charge in [-0.05, 0) is 25.0 Å². The van der Waals surface area contributed by atoms with Crippen molar-refractivity contribution in [1.29, 1.82) is 0 Å². The molecule has 0 bridgehead atoms. The van der Waals surface area contributed by atoms with Crippen LogP contribution < -0.4 is 5.73 Å². The van der Waals surface area contributed by atoms with Crippen LogP contribution in [0.25, 0.3) is 11.0 Å². The van der Waals surface area contributed by atoms with Crippen LogP contribution in [0, 0.1) is 5.41 Å². The van der Waals surface area contributed by atoms with Crippen LogP contribution >= 0.6 is 11.6 Å². The number of benzene rings is 1. The molecule has 2 aromatic rings. The molecule has 20 heavy (non-hydrogen) atoms. The minimum absolute atomic E-state index is 0.0342. The highest BCUT2D eigenvalue weighted by atomic mass is 35.5. The third-order valence-electron chi connectivity index (χ3n) is 4.40. The van der Waals surface area contributed by atoms with Gasteiger partial charge in [-0.1, -0.05) is 43.0 Å². The molecule has 1 aromatic heterocycles. The molecule has 2 N–H and O–H groups in total. The zero-order valence-corrected chi connectivity index (χ0v) is 12.1. The molecule has 3 nitrogen and oxygen atoms in total. The molecule has 0 unspecified atom stereocenters. The van der Waals surface area contributed by atoms with Gasteiger partial charge in [0.2, 0.25) is 5.78 Å². The van der Waals surface area contributed by atoms with E-state index in [0.717, 1.165) is 31.1 Å². The molecule has 1 saturated carbocycles. The summed E-state index contributed by atoms with van der Waals surface area (Å²) in [5, 5.41) is 1.40. The zero-order valence-electron chi connectivity index (χ0n) is 11.3. The number of ketones is 1. The van der Waals surface area contributed by atoms with Gasteiger partial charge in [0.15, 0.2) is 11.3 Å². The van der Waals surface area contributed by atoms with E-state index in [1.54, 1.807) is 12.1 Å². The maximum absolute atomic E-state index is 12.8. The summed E-state index contributed by atoms with van der Waals surface area (Å²) in [4.78, 5) is 12.8. The normalized spacial score (nSPS) is 18.3. The highest BCUT2D eigenvalue weighted by Gasteiger charge is 2.40. The van der Waals surface area contributed by atoms with E-state index in [0.29, 0.717) is 22.9 Å². The largest absolute Gasteiger partial charge is 0.451 e.